The lowest BCUT2D eigenvalue weighted by Crippen LogP contribution is -2.14. The van der Waals surface area contributed by atoms with E-state index in [0.717, 1.165) is 16.5 Å². The molecule has 0 bridgehead atoms. The number of anilines is 1. The maximum absolute atomic E-state index is 12.9. The van der Waals surface area contributed by atoms with E-state index in [-0.39, 0.29) is 4.90 Å². The number of pyridine rings is 1. The third-order valence-electron chi connectivity index (χ3n) is 4.12. The Hall–Kier alpha value is -3.26. The van der Waals surface area contributed by atoms with Crippen LogP contribution in [0.1, 0.15) is 11.1 Å². The lowest BCUT2D eigenvalue weighted by atomic mass is 10.2. The van der Waals surface area contributed by atoms with Crippen LogP contribution in [0.25, 0.3) is 10.9 Å². The summed E-state index contributed by atoms with van der Waals surface area (Å²) < 4.78 is 30.1. The Labute approximate surface area is 156 Å². The number of para-hydroxylation sites is 1. The molecule has 7 nitrogen and oxygen atoms in total. The summed E-state index contributed by atoms with van der Waals surface area (Å²) in [7, 11) is -3.76. The van der Waals surface area contributed by atoms with Gasteiger partial charge >= 0.3 is 0 Å². The normalized spacial score (nSPS) is 11.6. The largest absolute Gasteiger partial charge is 0.280 e. The van der Waals surface area contributed by atoms with Gasteiger partial charge in [-0.2, -0.15) is 5.10 Å². The van der Waals surface area contributed by atoms with Gasteiger partial charge in [-0.05, 0) is 42.3 Å². The Morgan fingerprint density at radius 3 is 2.67 bits per heavy atom. The van der Waals surface area contributed by atoms with Crippen molar-refractivity contribution in [2.45, 2.75) is 18.4 Å². The van der Waals surface area contributed by atoms with E-state index in [2.05, 4.69) is 19.8 Å². The predicted octanol–water partition coefficient (Wildman–Crippen LogP) is 2.98. The lowest BCUT2D eigenvalue weighted by Gasteiger charge is -2.11. The van der Waals surface area contributed by atoms with Crippen molar-refractivity contribution >= 4 is 26.6 Å². The van der Waals surface area contributed by atoms with Gasteiger partial charge < -0.3 is 0 Å². The van der Waals surface area contributed by atoms with Crippen LogP contribution in [-0.4, -0.2) is 28.2 Å². The molecule has 0 atom stereocenters. The highest BCUT2D eigenvalue weighted by molar-refractivity contribution is 7.93. The summed E-state index contributed by atoms with van der Waals surface area (Å²) in [6.07, 6.45) is 4.77. The quantitative estimate of drug-likeness (QED) is 0.576. The molecule has 8 heteroatoms. The van der Waals surface area contributed by atoms with E-state index in [1.165, 1.54) is 6.33 Å². The zero-order chi connectivity index (χ0) is 18.9. The van der Waals surface area contributed by atoms with Crippen LogP contribution >= 0.6 is 0 Å². The minimum Gasteiger partial charge on any atom is -0.280 e. The lowest BCUT2D eigenvalue weighted by molar-refractivity contribution is 0.602. The second kappa shape index (κ2) is 6.81. The fourth-order valence-corrected chi connectivity index (χ4v) is 4.09. The van der Waals surface area contributed by atoms with Crippen LogP contribution in [0.4, 0.5) is 5.69 Å². The van der Waals surface area contributed by atoms with Gasteiger partial charge in [0.05, 0.1) is 12.1 Å². The van der Waals surface area contributed by atoms with E-state index in [1.807, 2.05) is 31.2 Å². The molecule has 0 amide bonds. The average molecular weight is 379 g/mol. The van der Waals surface area contributed by atoms with Crippen molar-refractivity contribution in [3.05, 3.63) is 78.5 Å². The van der Waals surface area contributed by atoms with Gasteiger partial charge in [0.15, 0.2) is 0 Å². The van der Waals surface area contributed by atoms with Crippen LogP contribution in [0, 0.1) is 6.92 Å². The van der Waals surface area contributed by atoms with Crippen LogP contribution < -0.4 is 4.72 Å². The molecular formula is C19H17N5O2S. The van der Waals surface area contributed by atoms with E-state index in [1.54, 1.807) is 41.5 Å². The number of nitrogens with one attached hydrogen (secondary N) is 1. The summed E-state index contributed by atoms with van der Waals surface area (Å²) in [5, 5.41) is 4.85. The van der Waals surface area contributed by atoms with E-state index in [9.17, 15) is 8.42 Å². The Morgan fingerprint density at radius 1 is 1.11 bits per heavy atom. The standard InChI is InChI=1S/C19H17N5O2S/c1-14-9-16-3-2-4-18(19(16)21-10-14)27(25,26)23-17-7-5-15(6-8-17)11-24-13-20-12-22-24/h2-10,12-13,23H,11H2,1H3. The molecule has 0 aliphatic heterocycles. The van der Waals surface area contributed by atoms with Crippen LogP contribution in [-0.2, 0) is 16.6 Å². The number of benzene rings is 2. The average Bonchev–Trinajstić information content (AvgIpc) is 3.15. The van der Waals surface area contributed by atoms with Crippen LogP contribution in [0.2, 0.25) is 0 Å². The van der Waals surface area contributed by atoms with Crippen molar-refractivity contribution < 1.29 is 8.42 Å². The van der Waals surface area contributed by atoms with E-state index < -0.39 is 10.0 Å². The Morgan fingerprint density at radius 2 is 1.93 bits per heavy atom. The number of aromatic nitrogens is 4. The Bertz CT molecular complexity index is 1190. The van der Waals surface area contributed by atoms with Gasteiger partial charge in [-0.15, -0.1) is 0 Å². The number of rotatable bonds is 5. The van der Waals surface area contributed by atoms with E-state index in [4.69, 9.17) is 0 Å². The summed E-state index contributed by atoms with van der Waals surface area (Å²) in [6.45, 7) is 2.49. The molecule has 0 fully saturated rings. The summed E-state index contributed by atoms with van der Waals surface area (Å²) in [4.78, 5) is 8.37. The molecule has 27 heavy (non-hydrogen) atoms. The predicted molar refractivity (Wildman–Crippen MR) is 103 cm³/mol. The van der Waals surface area contributed by atoms with E-state index >= 15 is 0 Å². The zero-order valence-electron chi connectivity index (χ0n) is 14.6. The monoisotopic (exact) mass is 379 g/mol. The molecule has 0 radical (unpaired) electrons. The molecule has 0 spiro atoms. The summed E-state index contributed by atoms with van der Waals surface area (Å²) in [6, 6.07) is 14.2. The van der Waals surface area contributed by atoms with Gasteiger partial charge in [0.25, 0.3) is 10.0 Å². The molecule has 0 saturated carbocycles. The zero-order valence-corrected chi connectivity index (χ0v) is 15.4. The summed E-state index contributed by atoms with van der Waals surface area (Å²) in [5.74, 6) is 0. The third-order valence-corrected chi connectivity index (χ3v) is 5.53. The molecule has 4 aromatic rings. The van der Waals surface area contributed by atoms with Crippen molar-refractivity contribution in [1.82, 2.24) is 19.7 Å². The van der Waals surface area contributed by atoms with Gasteiger partial charge in [0, 0.05) is 17.3 Å². The maximum Gasteiger partial charge on any atom is 0.264 e. The Kier molecular flexibility index (Phi) is 4.33. The number of fused-ring (bicyclic) bond motifs is 1. The first-order chi connectivity index (χ1) is 13.0. The summed E-state index contributed by atoms with van der Waals surface area (Å²) >= 11 is 0. The minimum atomic E-state index is -3.76. The molecule has 2 heterocycles. The molecule has 4 rings (SSSR count). The molecule has 0 aliphatic carbocycles. The van der Waals surface area contributed by atoms with Crippen molar-refractivity contribution in [3.8, 4) is 0 Å². The molecule has 1 N–H and O–H groups in total. The molecule has 2 aromatic heterocycles. The minimum absolute atomic E-state index is 0.159. The highest BCUT2D eigenvalue weighted by Gasteiger charge is 2.18. The number of aryl methyl sites for hydroxylation is 1. The van der Waals surface area contributed by atoms with Crippen LogP contribution in [0.15, 0.2) is 72.3 Å². The highest BCUT2D eigenvalue weighted by Crippen LogP contribution is 2.24. The molecule has 0 saturated heterocycles. The number of hydrogen-bond acceptors (Lipinski definition) is 5. The van der Waals surface area contributed by atoms with Crippen molar-refractivity contribution in [3.63, 3.8) is 0 Å². The fourth-order valence-electron chi connectivity index (χ4n) is 2.85. The number of hydrogen-bond donors (Lipinski definition) is 1. The topological polar surface area (TPSA) is 89.8 Å². The van der Waals surface area contributed by atoms with Crippen LogP contribution in [0.5, 0.6) is 0 Å². The number of sulfonamides is 1. The van der Waals surface area contributed by atoms with Crippen molar-refractivity contribution in [2.75, 3.05) is 4.72 Å². The van der Waals surface area contributed by atoms with Crippen LogP contribution in [0.3, 0.4) is 0 Å². The van der Waals surface area contributed by atoms with Gasteiger partial charge in [-0.1, -0.05) is 24.3 Å². The Balaban J connectivity index is 1.60. The molecule has 2 aromatic carbocycles. The molecule has 0 unspecified atom stereocenters. The second-order valence-electron chi connectivity index (χ2n) is 6.24. The first kappa shape index (κ1) is 17.2. The third kappa shape index (κ3) is 3.65. The van der Waals surface area contributed by atoms with Gasteiger partial charge in [-0.25, -0.2) is 18.1 Å². The van der Waals surface area contributed by atoms with Gasteiger partial charge in [-0.3, -0.25) is 9.71 Å². The highest BCUT2D eigenvalue weighted by atomic mass is 32.2. The smallest absolute Gasteiger partial charge is 0.264 e. The maximum atomic E-state index is 12.9. The SMILES string of the molecule is Cc1cnc2c(S(=O)(=O)Nc3ccc(Cn4cncn4)cc3)cccc2c1. The van der Waals surface area contributed by atoms with Crippen molar-refractivity contribution in [2.24, 2.45) is 0 Å². The number of nitrogens with zero attached hydrogens (tertiary/aromatic N) is 4. The first-order valence-electron chi connectivity index (χ1n) is 8.31. The molecule has 0 aliphatic rings. The molecular weight excluding hydrogens is 362 g/mol. The molecule has 136 valence electrons. The summed E-state index contributed by atoms with van der Waals surface area (Å²) in [5.41, 5.74) is 2.92. The van der Waals surface area contributed by atoms with Gasteiger partial charge in [0.1, 0.15) is 17.6 Å². The van der Waals surface area contributed by atoms with Gasteiger partial charge in [0.2, 0.25) is 0 Å². The first-order valence-corrected chi connectivity index (χ1v) is 9.79. The van der Waals surface area contributed by atoms with Crippen molar-refractivity contribution in [1.29, 1.82) is 0 Å². The second-order valence-corrected chi connectivity index (χ2v) is 7.89. The van der Waals surface area contributed by atoms with E-state index in [0.29, 0.717) is 17.7 Å². The fraction of sp³-hybridized carbons (Fsp3) is 0.105.